The molecule has 0 fully saturated rings. The second-order valence-electron chi connectivity index (χ2n) is 5.17. The van der Waals surface area contributed by atoms with Crippen LogP contribution in [0.3, 0.4) is 0 Å². The largest absolute Gasteiger partial charge is 0.550 e. The zero-order valence-corrected chi connectivity index (χ0v) is 13.2. The fraction of sp³-hybridized carbons (Fsp3) is 0.611. The molecular weight excluding hydrogens is 264 g/mol. The summed E-state index contributed by atoms with van der Waals surface area (Å²) in [6.45, 7) is 2.20. The molecule has 3 nitrogen and oxygen atoms in total. The molecule has 1 N–H and O–H groups in total. The van der Waals surface area contributed by atoms with E-state index in [0.717, 1.165) is 12.8 Å². The van der Waals surface area contributed by atoms with E-state index in [4.69, 9.17) is 0 Å². The molecule has 0 saturated carbocycles. The quantitative estimate of drug-likeness (QED) is 0.419. The van der Waals surface area contributed by atoms with E-state index in [1.54, 1.807) is 6.08 Å². The molecule has 0 aromatic carbocycles. The van der Waals surface area contributed by atoms with Crippen LogP contribution in [0.2, 0.25) is 0 Å². The predicted molar refractivity (Wildman–Crippen MR) is 85.7 cm³/mol. The number of aliphatic hydroxyl groups is 1. The average Bonchev–Trinajstić information content (AvgIpc) is 2.45. The number of aliphatic hydroxyl groups excluding tert-OH is 1. The highest BCUT2D eigenvalue weighted by molar-refractivity contribution is 5.64. The summed E-state index contributed by atoms with van der Waals surface area (Å²) in [5, 5.41) is 19.9. The second kappa shape index (κ2) is 15.0. The van der Waals surface area contributed by atoms with Crippen LogP contribution in [0, 0.1) is 0 Å². The molecule has 0 spiro atoms. The zero-order valence-electron chi connectivity index (χ0n) is 13.2. The molecule has 0 aliphatic carbocycles. The van der Waals surface area contributed by atoms with E-state index < -0.39 is 12.1 Å². The number of allylic oxidation sites excluding steroid dienone is 4. The highest BCUT2D eigenvalue weighted by Crippen LogP contribution is 2.02. The van der Waals surface area contributed by atoms with Gasteiger partial charge in [-0.1, -0.05) is 56.2 Å². The number of hydrogen-bond donors (Lipinski definition) is 1. The monoisotopic (exact) mass is 293 g/mol. The maximum absolute atomic E-state index is 10.2. The Kier molecular flexibility index (Phi) is 14.1. The number of carbonyl (C=O) groups excluding carboxylic acids is 1. The molecule has 0 rings (SSSR count). The molecule has 0 aliphatic rings. The van der Waals surface area contributed by atoms with Crippen LogP contribution in [0.4, 0.5) is 0 Å². The zero-order chi connectivity index (χ0) is 15.8. The van der Waals surface area contributed by atoms with Crippen LogP contribution in [0.1, 0.15) is 64.7 Å². The van der Waals surface area contributed by atoms with Gasteiger partial charge in [0.1, 0.15) is 0 Å². The Balaban J connectivity index is 3.54. The van der Waals surface area contributed by atoms with E-state index in [2.05, 4.69) is 25.2 Å². The Labute approximate surface area is 129 Å². The Morgan fingerprint density at radius 3 is 2.48 bits per heavy atom. The van der Waals surface area contributed by atoms with Crippen LogP contribution in [0.15, 0.2) is 36.5 Å². The average molecular weight is 293 g/mol. The van der Waals surface area contributed by atoms with E-state index in [0.29, 0.717) is 19.3 Å². The molecule has 0 aromatic rings. The van der Waals surface area contributed by atoms with Crippen molar-refractivity contribution in [2.45, 2.75) is 70.8 Å². The van der Waals surface area contributed by atoms with Gasteiger partial charge in [-0.3, -0.25) is 0 Å². The van der Waals surface area contributed by atoms with Crippen LogP contribution in [0.5, 0.6) is 0 Å². The first-order valence-electron chi connectivity index (χ1n) is 8.01. The van der Waals surface area contributed by atoms with Crippen molar-refractivity contribution < 1.29 is 15.0 Å². The van der Waals surface area contributed by atoms with Crippen molar-refractivity contribution in [3.8, 4) is 0 Å². The molecule has 0 saturated heterocycles. The number of hydrogen-bond acceptors (Lipinski definition) is 3. The highest BCUT2D eigenvalue weighted by Gasteiger charge is 1.94. The Morgan fingerprint density at radius 2 is 1.76 bits per heavy atom. The molecule has 0 amide bonds. The van der Waals surface area contributed by atoms with Gasteiger partial charge >= 0.3 is 0 Å². The van der Waals surface area contributed by atoms with Crippen molar-refractivity contribution in [3.05, 3.63) is 36.5 Å². The Bertz CT molecular complexity index is 329. The van der Waals surface area contributed by atoms with E-state index in [1.165, 1.54) is 19.3 Å². The van der Waals surface area contributed by atoms with Gasteiger partial charge in [0.05, 0.1) is 6.10 Å². The minimum atomic E-state index is -1.02. The maximum atomic E-state index is 10.2. The Morgan fingerprint density at radius 1 is 1.05 bits per heavy atom. The van der Waals surface area contributed by atoms with Gasteiger partial charge in [-0.2, -0.15) is 0 Å². The number of unbranched alkanes of at least 4 members (excludes halogenated alkanes) is 4. The summed E-state index contributed by atoms with van der Waals surface area (Å²) in [4.78, 5) is 10.2. The minimum Gasteiger partial charge on any atom is -0.550 e. The lowest BCUT2D eigenvalue weighted by atomic mass is 10.1. The van der Waals surface area contributed by atoms with E-state index in [-0.39, 0.29) is 6.42 Å². The highest BCUT2D eigenvalue weighted by atomic mass is 16.4. The van der Waals surface area contributed by atoms with Crippen molar-refractivity contribution >= 4 is 5.97 Å². The van der Waals surface area contributed by atoms with Crippen LogP contribution >= 0.6 is 0 Å². The minimum absolute atomic E-state index is 0.0743. The number of rotatable bonds is 13. The van der Waals surface area contributed by atoms with Crippen LogP contribution in [-0.4, -0.2) is 17.2 Å². The number of carbonyl (C=O) groups is 1. The number of aliphatic carboxylic acids is 1. The van der Waals surface area contributed by atoms with E-state index in [1.807, 2.05) is 12.2 Å². The fourth-order valence-corrected chi connectivity index (χ4v) is 1.83. The Hall–Kier alpha value is -1.35. The third-order valence-corrected chi connectivity index (χ3v) is 3.07. The first kappa shape index (κ1) is 19.7. The normalized spacial score (nSPS) is 13.6. The third kappa shape index (κ3) is 16.6. The summed E-state index contributed by atoms with van der Waals surface area (Å²) >= 11 is 0. The third-order valence-electron chi connectivity index (χ3n) is 3.07. The molecule has 0 radical (unpaired) electrons. The van der Waals surface area contributed by atoms with Crippen molar-refractivity contribution in [2.24, 2.45) is 0 Å². The van der Waals surface area contributed by atoms with Gasteiger partial charge in [0.25, 0.3) is 0 Å². The smallest absolute Gasteiger partial charge is 0.0755 e. The molecule has 0 heterocycles. The lowest BCUT2D eigenvalue weighted by molar-refractivity contribution is -0.305. The first-order valence-corrected chi connectivity index (χ1v) is 8.01. The summed E-state index contributed by atoms with van der Waals surface area (Å²) in [6, 6.07) is 0. The second-order valence-corrected chi connectivity index (χ2v) is 5.17. The lowest BCUT2D eigenvalue weighted by Crippen LogP contribution is -2.21. The van der Waals surface area contributed by atoms with Gasteiger partial charge in [-0.05, 0) is 44.9 Å². The SMILES string of the molecule is CCCCC/C=C\C/C=C\CC(O)/C=C/CCCC(=O)[O-]. The summed E-state index contributed by atoms with van der Waals surface area (Å²) < 4.78 is 0. The van der Waals surface area contributed by atoms with Gasteiger partial charge in [0.15, 0.2) is 0 Å². The summed E-state index contributed by atoms with van der Waals surface area (Å²) in [7, 11) is 0. The molecule has 1 atom stereocenters. The van der Waals surface area contributed by atoms with Crippen LogP contribution in [0.25, 0.3) is 0 Å². The summed E-state index contributed by atoms with van der Waals surface area (Å²) in [5.74, 6) is -1.02. The van der Waals surface area contributed by atoms with E-state index in [9.17, 15) is 15.0 Å². The molecule has 0 bridgehead atoms. The van der Waals surface area contributed by atoms with Crippen molar-refractivity contribution in [3.63, 3.8) is 0 Å². The fourth-order valence-electron chi connectivity index (χ4n) is 1.83. The lowest BCUT2D eigenvalue weighted by Gasteiger charge is -2.01. The molecule has 3 heteroatoms. The van der Waals surface area contributed by atoms with Crippen molar-refractivity contribution in [1.29, 1.82) is 0 Å². The summed E-state index contributed by atoms with van der Waals surface area (Å²) in [5.41, 5.74) is 0. The molecular formula is C18H29O3-. The summed E-state index contributed by atoms with van der Waals surface area (Å²) in [6.07, 6.45) is 19.2. The molecule has 0 aromatic heterocycles. The van der Waals surface area contributed by atoms with E-state index >= 15 is 0 Å². The van der Waals surface area contributed by atoms with Gasteiger partial charge in [-0.25, -0.2) is 0 Å². The first-order chi connectivity index (χ1) is 10.2. The molecule has 120 valence electrons. The van der Waals surface area contributed by atoms with Gasteiger partial charge < -0.3 is 15.0 Å². The van der Waals surface area contributed by atoms with Crippen molar-refractivity contribution in [1.82, 2.24) is 0 Å². The number of carboxylic acid groups (broad SMARTS) is 1. The number of carboxylic acids is 1. The van der Waals surface area contributed by atoms with Gasteiger partial charge in [0.2, 0.25) is 0 Å². The molecule has 0 aliphatic heterocycles. The topological polar surface area (TPSA) is 60.4 Å². The van der Waals surface area contributed by atoms with Crippen molar-refractivity contribution in [2.75, 3.05) is 0 Å². The predicted octanol–water partition coefficient (Wildman–Crippen LogP) is 3.30. The standard InChI is InChI=1S/C18H30O3/c1-2-3-4-5-6-7-8-9-11-14-17(19)15-12-10-13-16-18(20)21/h6-7,9,11-12,15,17,19H,2-5,8,10,13-14,16H2,1H3,(H,20,21)/p-1/b7-6-,11-9-,15-12+. The van der Waals surface area contributed by atoms with Gasteiger partial charge in [-0.15, -0.1) is 0 Å². The van der Waals surface area contributed by atoms with Crippen LogP contribution < -0.4 is 5.11 Å². The van der Waals surface area contributed by atoms with Crippen LogP contribution in [-0.2, 0) is 4.79 Å². The van der Waals surface area contributed by atoms with Gasteiger partial charge in [0, 0.05) is 5.97 Å². The molecule has 21 heavy (non-hydrogen) atoms. The maximum Gasteiger partial charge on any atom is 0.0755 e. The molecule has 1 unspecified atom stereocenters.